The average Bonchev–Trinajstić information content (AvgIpc) is 2.75. The number of furan rings is 1. The summed E-state index contributed by atoms with van der Waals surface area (Å²) in [4.78, 5) is 7.87. The van der Waals surface area contributed by atoms with Crippen LogP contribution in [0, 0.1) is 0 Å². The van der Waals surface area contributed by atoms with Gasteiger partial charge < -0.3 is 4.42 Å². The topological polar surface area (TPSA) is 38.9 Å². The van der Waals surface area contributed by atoms with Crippen LogP contribution in [0.4, 0.5) is 0 Å². The van der Waals surface area contributed by atoms with Gasteiger partial charge in [-0.05, 0) is 23.7 Å². The molecule has 0 N–H and O–H groups in total. The van der Waals surface area contributed by atoms with Crippen LogP contribution in [0.5, 0.6) is 0 Å². The summed E-state index contributed by atoms with van der Waals surface area (Å²) in [6, 6.07) is 9.56. The predicted octanol–water partition coefficient (Wildman–Crippen LogP) is 4.20. The smallest absolute Gasteiger partial charge is 0.223 e. The molecule has 84 valence electrons. The minimum Gasteiger partial charge on any atom is -0.454 e. The fourth-order valence-electron chi connectivity index (χ4n) is 1.62. The standard InChI is InChI=1S/C12H6Cl2N2O/c13-8-6-15-12(14)16-11(8)10-5-7-3-1-2-4-9(7)17-10/h1-6H. The zero-order chi connectivity index (χ0) is 11.8. The first-order valence-electron chi connectivity index (χ1n) is 4.91. The van der Waals surface area contributed by atoms with Crippen molar-refractivity contribution in [3.05, 3.63) is 46.8 Å². The van der Waals surface area contributed by atoms with Gasteiger partial charge in [-0.2, -0.15) is 0 Å². The van der Waals surface area contributed by atoms with Crippen LogP contribution in [0.15, 0.2) is 40.9 Å². The molecular weight excluding hydrogens is 259 g/mol. The zero-order valence-corrected chi connectivity index (χ0v) is 10.0. The molecule has 0 spiro atoms. The Bertz CT molecular complexity index is 661. The Morgan fingerprint density at radius 3 is 2.76 bits per heavy atom. The second-order valence-corrected chi connectivity index (χ2v) is 4.23. The molecule has 0 saturated heterocycles. The second-order valence-electron chi connectivity index (χ2n) is 3.48. The first-order chi connectivity index (χ1) is 8.24. The molecule has 0 atom stereocenters. The molecule has 2 aromatic heterocycles. The number of nitrogens with zero attached hydrogens (tertiary/aromatic N) is 2. The Balaban J connectivity index is 2.23. The SMILES string of the molecule is Clc1ncc(Cl)c(-c2cc3ccccc3o2)n1. The monoisotopic (exact) mass is 264 g/mol. The lowest BCUT2D eigenvalue weighted by atomic mass is 10.2. The number of rotatable bonds is 1. The molecule has 1 aromatic carbocycles. The minimum atomic E-state index is 0.143. The summed E-state index contributed by atoms with van der Waals surface area (Å²) in [5.41, 5.74) is 1.29. The van der Waals surface area contributed by atoms with Crippen LogP contribution in [0.3, 0.4) is 0 Å². The minimum absolute atomic E-state index is 0.143. The first kappa shape index (κ1) is 10.6. The van der Waals surface area contributed by atoms with E-state index in [1.807, 2.05) is 30.3 Å². The number of halogens is 2. The molecule has 0 radical (unpaired) electrons. The van der Waals surface area contributed by atoms with E-state index >= 15 is 0 Å². The van der Waals surface area contributed by atoms with Crippen molar-refractivity contribution in [2.75, 3.05) is 0 Å². The number of aromatic nitrogens is 2. The third-order valence-corrected chi connectivity index (χ3v) is 2.83. The van der Waals surface area contributed by atoms with E-state index < -0.39 is 0 Å². The van der Waals surface area contributed by atoms with Gasteiger partial charge >= 0.3 is 0 Å². The molecule has 17 heavy (non-hydrogen) atoms. The van der Waals surface area contributed by atoms with Crippen molar-refractivity contribution in [1.82, 2.24) is 9.97 Å². The Morgan fingerprint density at radius 2 is 1.94 bits per heavy atom. The molecule has 5 heteroatoms. The van der Waals surface area contributed by atoms with Crippen LogP contribution in [-0.4, -0.2) is 9.97 Å². The molecule has 0 aliphatic heterocycles. The van der Waals surface area contributed by atoms with Crippen LogP contribution >= 0.6 is 23.2 Å². The highest BCUT2D eigenvalue weighted by atomic mass is 35.5. The molecular formula is C12H6Cl2N2O. The maximum absolute atomic E-state index is 6.01. The maximum atomic E-state index is 6.01. The van der Waals surface area contributed by atoms with Gasteiger partial charge in [-0.3, -0.25) is 0 Å². The summed E-state index contributed by atoms with van der Waals surface area (Å²) < 4.78 is 5.66. The predicted molar refractivity (Wildman–Crippen MR) is 67.3 cm³/mol. The van der Waals surface area contributed by atoms with Gasteiger partial charge in [0.05, 0.1) is 11.2 Å². The molecule has 0 aliphatic carbocycles. The number of hydrogen-bond donors (Lipinski definition) is 0. The molecule has 0 amide bonds. The summed E-state index contributed by atoms with van der Waals surface area (Å²) >= 11 is 11.8. The van der Waals surface area contributed by atoms with Gasteiger partial charge in [0.2, 0.25) is 5.28 Å². The van der Waals surface area contributed by atoms with E-state index in [4.69, 9.17) is 27.6 Å². The third kappa shape index (κ3) is 1.88. The third-order valence-electron chi connectivity index (χ3n) is 2.37. The summed E-state index contributed by atoms with van der Waals surface area (Å²) in [7, 11) is 0. The molecule has 0 aliphatic rings. The molecule has 0 bridgehead atoms. The van der Waals surface area contributed by atoms with Gasteiger partial charge in [0.1, 0.15) is 11.3 Å². The van der Waals surface area contributed by atoms with Crippen LogP contribution in [0.2, 0.25) is 10.3 Å². The maximum Gasteiger partial charge on any atom is 0.223 e. The number of fused-ring (bicyclic) bond motifs is 1. The van der Waals surface area contributed by atoms with E-state index in [2.05, 4.69) is 9.97 Å². The van der Waals surface area contributed by atoms with Crippen LogP contribution in [0.25, 0.3) is 22.4 Å². The fraction of sp³-hybridized carbons (Fsp3) is 0. The zero-order valence-electron chi connectivity index (χ0n) is 8.52. The molecule has 3 nitrogen and oxygen atoms in total. The molecule has 2 heterocycles. The van der Waals surface area contributed by atoms with E-state index in [1.54, 1.807) is 0 Å². The van der Waals surface area contributed by atoms with Crippen LogP contribution < -0.4 is 0 Å². The quantitative estimate of drug-likeness (QED) is 0.619. The summed E-state index contributed by atoms with van der Waals surface area (Å²) in [5, 5.41) is 1.55. The fourth-order valence-corrected chi connectivity index (χ4v) is 1.93. The number of hydrogen-bond acceptors (Lipinski definition) is 3. The van der Waals surface area contributed by atoms with Crippen molar-refractivity contribution in [3.8, 4) is 11.5 Å². The van der Waals surface area contributed by atoms with Crippen molar-refractivity contribution >= 4 is 34.2 Å². The normalized spacial score (nSPS) is 10.9. The lowest BCUT2D eigenvalue weighted by Crippen LogP contribution is -1.86. The highest BCUT2D eigenvalue weighted by molar-refractivity contribution is 6.33. The van der Waals surface area contributed by atoms with E-state index in [1.165, 1.54) is 6.20 Å². The summed E-state index contributed by atoms with van der Waals surface area (Å²) in [6.45, 7) is 0. The summed E-state index contributed by atoms with van der Waals surface area (Å²) in [5.74, 6) is 0.584. The second kappa shape index (κ2) is 4.02. The van der Waals surface area contributed by atoms with Gasteiger partial charge in [-0.25, -0.2) is 9.97 Å². The Kier molecular flexibility index (Phi) is 2.50. The van der Waals surface area contributed by atoms with Gasteiger partial charge in [0, 0.05) is 5.39 Å². The van der Waals surface area contributed by atoms with Crippen LogP contribution in [0.1, 0.15) is 0 Å². The van der Waals surface area contributed by atoms with Gasteiger partial charge in [0.25, 0.3) is 0 Å². The van der Waals surface area contributed by atoms with E-state index in [0.29, 0.717) is 16.5 Å². The highest BCUT2D eigenvalue weighted by Gasteiger charge is 2.12. The highest BCUT2D eigenvalue weighted by Crippen LogP contribution is 2.31. The average molecular weight is 265 g/mol. The molecule has 3 rings (SSSR count). The number of benzene rings is 1. The summed E-state index contributed by atoms with van der Waals surface area (Å²) in [6.07, 6.45) is 1.46. The lowest BCUT2D eigenvalue weighted by molar-refractivity contribution is 0.628. The van der Waals surface area contributed by atoms with Crippen molar-refractivity contribution in [3.63, 3.8) is 0 Å². The van der Waals surface area contributed by atoms with E-state index in [9.17, 15) is 0 Å². The molecule has 0 fully saturated rings. The molecule has 0 saturated carbocycles. The largest absolute Gasteiger partial charge is 0.454 e. The molecule has 0 unspecified atom stereocenters. The Hall–Kier alpha value is -1.58. The first-order valence-corrected chi connectivity index (χ1v) is 5.66. The molecule has 3 aromatic rings. The number of para-hydroxylation sites is 1. The Morgan fingerprint density at radius 1 is 1.12 bits per heavy atom. The van der Waals surface area contributed by atoms with Gasteiger partial charge in [0.15, 0.2) is 5.76 Å². The van der Waals surface area contributed by atoms with E-state index in [-0.39, 0.29) is 5.28 Å². The van der Waals surface area contributed by atoms with E-state index in [0.717, 1.165) is 11.0 Å². The van der Waals surface area contributed by atoms with Crippen molar-refractivity contribution in [2.45, 2.75) is 0 Å². The van der Waals surface area contributed by atoms with Gasteiger partial charge in [-0.1, -0.05) is 29.8 Å². The van der Waals surface area contributed by atoms with Crippen LogP contribution in [-0.2, 0) is 0 Å². The van der Waals surface area contributed by atoms with Crippen molar-refractivity contribution < 1.29 is 4.42 Å². The van der Waals surface area contributed by atoms with Crippen molar-refractivity contribution in [2.24, 2.45) is 0 Å². The Labute approximate surface area is 107 Å². The lowest BCUT2D eigenvalue weighted by Gasteiger charge is -1.98. The van der Waals surface area contributed by atoms with Gasteiger partial charge in [-0.15, -0.1) is 0 Å². The van der Waals surface area contributed by atoms with Crippen molar-refractivity contribution in [1.29, 1.82) is 0 Å².